The van der Waals surface area contributed by atoms with E-state index in [1.165, 1.54) is 0 Å². The highest BCUT2D eigenvalue weighted by Gasteiger charge is 2.20. The number of aryl methyl sites for hydroxylation is 4. The second kappa shape index (κ2) is 11.6. The maximum Gasteiger partial charge on any atom is 0.141 e. The average Bonchev–Trinajstić information content (AvgIpc) is 3.02. The van der Waals surface area contributed by atoms with Crippen LogP contribution in [-0.2, 0) is 0 Å². The fraction of sp³-hybridized carbons (Fsp3) is 0.111. The summed E-state index contributed by atoms with van der Waals surface area (Å²) in [6.07, 6.45) is 7.30. The highest BCUT2D eigenvalue weighted by molar-refractivity contribution is 5.80. The van der Waals surface area contributed by atoms with Gasteiger partial charge in [-0.2, -0.15) is 0 Å². The summed E-state index contributed by atoms with van der Waals surface area (Å²) in [5.74, 6) is 3.47. The summed E-state index contributed by atoms with van der Waals surface area (Å²) < 4.78 is 0. The molecule has 6 aromatic rings. The third kappa shape index (κ3) is 5.22. The van der Waals surface area contributed by atoms with Gasteiger partial charge in [-0.3, -0.25) is 9.80 Å². The molecular formula is C36H32N6. The minimum Gasteiger partial charge on any atom is -0.279 e. The summed E-state index contributed by atoms with van der Waals surface area (Å²) in [6.45, 7) is 8.30. The molecule has 0 saturated carbocycles. The largest absolute Gasteiger partial charge is 0.279 e. The van der Waals surface area contributed by atoms with E-state index in [4.69, 9.17) is 19.9 Å². The molecule has 0 aliphatic rings. The summed E-state index contributed by atoms with van der Waals surface area (Å²) in [6, 6.07) is 33.3. The number of nitrogens with zero attached hydrogens (tertiary/aromatic N) is 6. The lowest BCUT2D eigenvalue weighted by atomic mass is 10.0. The molecule has 0 bridgehead atoms. The molecule has 4 heterocycles. The summed E-state index contributed by atoms with van der Waals surface area (Å²) in [5.41, 5.74) is 8.57. The zero-order chi connectivity index (χ0) is 29.1. The summed E-state index contributed by atoms with van der Waals surface area (Å²) >= 11 is 0. The molecular weight excluding hydrogens is 516 g/mol. The highest BCUT2D eigenvalue weighted by atomic mass is 15.2. The van der Waals surface area contributed by atoms with Crippen LogP contribution >= 0.6 is 0 Å². The first-order chi connectivity index (χ1) is 20.5. The van der Waals surface area contributed by atoms with E-state index in [9.17, 15) is 0 Å². The van der Waals surface area contributed by atoms with Crippen molar-refractivity contribution in [3.8, 4) is 11.1 Å². The number of benzene rings is 2. The maximum atomic E-state index is 4.71. The molecule has 0 saturated heterocycles. The van der Waals surface area contributed by atoms with Crippen molar-refractivity contribution >= 4 is 34.6 Å². The van der Waals surface area contributed by atoms with Crippen LogP contribution in [0.15, 0.2) is 122 Å². The van der Waals surface area contributed by atoms with Gasteiger partial charge >= 0.3 is 0 Å². The van der Waals surface area contributed by atoms with E-state index in [0.29, 0.717) is 0 Å². The Labute approximate surface area is 247 Å². The smallest absolute Gasteiger partial charge is 0.141 e. The molecule has 0 aliphatic heterocycles. The van der Waals surface area contributed by atoms with Gasteiger partial charge in [-0.1, -0.05) is 48.5 Å². The van der Waals surface area contributed by atoms with Gasteiger partial charge in [0.2, 0.25) is 0 Å². The Hall–Kier alpha value is -5.36. The lowest BCUT2D eigenvalue weighted by Gasteiger charge is -2.26. The molecule has 6 nitrogen and oxygen atoms in total. The van der Waals surface area contributed by atoms with Crippen LogP contribution in [0.3, 0.4) is 0 Å². The second-order valence-corrected chi connectivity index (χ2v) is 10.3. The van der Waals surface area contributed by atoms with Gasteiger partial charge in [0.15, 0.2) is 0 Å². The van der Waals surface area contributed by atoms with E-state index in [2.05, 4.69) is 110 Å². The molecule has 206 valence electrons. The fourth-order valence-electron chi connectivity index (χ4n) is 5.14. The van der Waals surface area contributed by atoms with Crippen LogP contribution in [0.4, 0.5) is 34.6 Å². The molecule has 0 spiro atoms. The first-order valence-corrected chi connectivity index (χ1v) is 14.0. The van der Waals surface area contributed by atoms with Gasteiger partial charge in [-0.15, -0.1) is 0 Å². The number of hydrogen-bond acceptors (Lipinski definition) is 6. The Morgan fingerprint density at radius 3 is 0.857 bits per heavy atom. The van der Waals surface area contributed by atoms with Crippen molar-refractivity contribution in [2.75, 3.05) is 9.80 Å². The minimum absolute atomic E-state index is 0.867. The Balaban J connectivity index is 1.36. The van der Waals surface area contributed by atoms with Gasteiger partial charge in [0.1, 0.15) is 23.3 Å². The number of anilines is 6. The number of aromatic nitrogens is 4. The van der Waals surface area contributed by atoms with E-state index in [-0.39, 0.29) is 0 Å². The van der Waals surface area contributed by atoms with Crippen LogP contribution in [0.1, 0.15) is 22.3 Å². The molecule has 2 aromatic carbocycles. The van der Waals surface area contributed by atoms with Crippen LogP contribution in [-0.4, -0.2) is 19.9 Å². The zero-order valence-electron chi connectivity index (χ0n) is 24.2. The minimum atomic E-state index is 0.867. The Kier molecular flexibility index (Phi) is 7.43. The number of pyridine rings is 4. The monoisotopic (exact) mass is 548 g/mol. The van der Waals surface area contributed by atoms with Gasteiger partial charge in [0, 0.05) is 36.2 Å². The van der Waals surface area contributed by atoms with Gasteiger partial charge in [0.25, 0.3) is 0 Å². The highest BCUT2D eigenvalue weighted by Crippen LogP contribution is 2.38. The molecule has 0 atom stereocenters. The standard InChI is InChI=1S/C36H32N6/c1-25-9-5-21-37-33(25)41(34-26(2)10-6-22-38-34)31-17-13-29(14-18-31)30-15-19-32(20-16-30)42(35-27(3)11-7-23-39-35)36-28(4)12-8-24-40-36/h5-24H,1-4H3. The molecule has 0 aliphatic carbocycles. The van der Waals surface area contributed by atoms with Gasteiger partial charge < -0.3 is 0 Å². The van der Waals surface area contributed by atoms with E-state index < -0.39 is 0 Å². The topological polar surface area (TPSA) is 58.0 Å². The van der Waals surface area contributed by atoms with E-state index in [0.717, 1.165) is 68.0 Å². The Morgan fingerprint density at radius 2 is 0.619 bits per heavy atom. The quantitative estimate of drug-likeness (QED) is 0.198. The molecule has 4 aromatic heterocycles. The van der Waals surface area contributed by atoms with Crippen LogP contribution in [0, 0.1) is 27.7 Å². The Bertz CT molecular complexity index is 1600. The van der Waals surface area contributed by atoms with Crippen molar-refractivity contribution in [2.45, 2.75) is 27.7 Å². The van der Waals surface area contributed by atoms with Crippen LogP contribution in [0.2, 0.25) is 0 Å². The zero-order valence-corrected chi connectivity index (χ0v) is 24.2. The molecule has 6 rings (SSSR count). The van der Waals surface area contributed by atoms with Gasteiger partial charge in [-0.05, 0) is 110 Å². The van der Waals surface area contributed by atoms with E-state index in [1.807, 2.05) is 49.1 Å². The SMILES string of the molecule is Cc1cccnc1N(c1ccc(-c2ccc(N(c3ncccc3C)c3ncccc3C)cc2)cc1)c1ncccc1C. The third-order valence-corrected chi connectivity index (χ3v) is 7.36. The van der Waals surface area contributed by atoms with Crippen LogP contribution in [0.25, 0.3) is 11.1 Å². The summed E-state index contributed by atoms with van der Waals surface area (Å²) in [4.78, 5) is 23.1. The molecule has 0 fully saturated rings. The first-order valence-electron chi connectivity index (χ1n) is 14.0. The predicted molar refractivity (Wildman–Crippen MR) is 171 cm³/mol. The lowest BCUT2D eigenvalue weighted by Crippen LogP contribution is -2.15. The summed E-state index contributed by atoms with van der Waals surface area (Å²) in [7, 11) is 0. The summed E-state index contributed by atoms with van der Waals surface area (Å²) in [5, 5.41) is 0. The predicted octanol–water partition coefficient (Wildman–Crippen LogP) is 9.11. The van der Waals surface area contributed by atoms with Crippen LogP contribution in [0.5, 0.6) is 0 Å². The molecule has 6 heteroatoms. The molecule has 0 amide bonds. The van der Waals surface area contributed by atoms with Crippen molar-refractivity contribution < 1.29 is 0 Å². The molecule has 0 N–H and O–H groups in total. The normalized spacial score (nSPS) is 10.9. The van der Waals surface area contributed by atoms with Crippen molar-refractivity contribution in [2.24, 2.45) is 0 Å². The maximum absolute atomic E-state index is 4.71. The van der Waals surface area contributed by atoms with Crippen molar-refractivity contribution in [3.05, 3.63) is 144 Å². The van der Waals surface area contributed by atoms with Crippen molar-refractivity contribution in [1.82, 2.24) is 19.9 Å². The second-order valence-electron chi connectivity index (χ2n) is 10.3. The number of hydrogen-bond donors (Lipinski definition) is 0. The van der Waals surface area contributed by atoms with Gasteiger partial charge in [-0.25, -0.2) is 19.9 Å². The van der Waals surface area contributed by atoms with Crippen molar-refractivity contribution in [1.29, 1.82) is 0 Å². The lowest BCUT2D eigenvalue weighted by molar-refractivity contribution is 1.09. The van der Waals surface area contributed by atoms with Crippen molar-refractivity contribution in [3.63, 3.8) is 0 Å². The molecule has 42 heavy (non-hydrogen) atoms. The average molecular weight is 549 g/mol. The fourth-order valence-corrected chi connectivity index (χ4v) is 5.14. The Morgan fingerprint density at radius 1 is 0.357 bits per heavy atom. The van der Waals surface area contributed by atoms with Crippen LogP contribution < -0.4 is 9.80 Å². The van der Waals surface area contributed by atoms with E-state index >= 15 is 0 Å². The first kappa shape index (κ1) is 26.8. The third-order valence-electron chi connectivity index (χ3n) is 7.36. The van der Waals surface area contributed by atoms with Gasteiger partial charge in [0.05, 0.1) is 0 Å². The van der Waals surface area contributed by atoms with E-state index in [1.54, 1.807) is 0 Å². The molecule has 0 radical (unpaired) electrons. The molecule has 0 unspecified atom stereocenters. The number of rotatable bonds is 7.